The van der Waals surface area contributed by atoms with Crippen molar-refractivity contribution in [2.24, 2.45) is 0 Å². The minimum absolute atomic E-state index is 0.162. The smallest absolute Gasteiger partial charge is 0.276 e. The number of aromatic nitrogens is 2. The Morgan fingerprint density at radius 1 is 0.750 bits per heavy atom. The summed E-state index contributed by atoms with van der Waals surface area (Å²) in [5.41, 5.74) is 7.69. The highest BCUT2D eigenvalue weighted by Crippen LogP contribution is 2.32. The number of hydrazine groups is 2. The molecule has 0 bridgehead atoms. The highest BCUT2D eigenvalue weighted by atomic mass is 16.6. The largest absolute Gasteiger partial charge is 0.356 e. The fraction of sp³-hybridized carbons (Fsp3) is 0. The summed E-state index contributed by atoms with van der Waals surface area (Å²) in [5, 5.41) is 24.8. The summed E-state index contributed by atoms with van der Waals surface area (Å²) in [7, 11) is 0. The van der Waals surface area contributed by atoms with E-state index in [9.17, 15) is 25.0 Å². The van der Waals surface area contributed by atoms with Crippen LogP contribution in [0.2, 0.25) is 0 Å². The minimum atomic E-state index is -0.875. The molecule has 1 aromatic heterocycles. The third kappa shape index (κ3) is 5.14. The van der Waals surface area contributed by atoms with Crippen LogP contribution in [0.15, 0.2) is 91.3 Å². The Morgan fingerprint density at radius 2 is 1.31 bits per heavy atom. The van der Waals surface area contributed by atoms with Crippen molar-refractivity contribution < 1.29 is 14.6 Å². The monoisotopic (exact) mass is 486 g/mol. The van der Waals surface area contributed by atoms with Gasteiger partial charge in [-0.2, -0.15) is 0 Å². The van der Waals surface area contributed by atoms with E-state index in [4.69, 9.17) is 0 Å². The molecule has 0 saturated carbocycles. The van der Waals surface area contributed by atoms with Crippen LogP contribution in [0.5, 0.6) is 0 Å². The van der Waals surface area contributed by atoms with Gasteiger partial charge in [0.05, 0.1) is 21.2 Å². The van der Waals surface area contributed by atoms with Gasteiger partial charge in [0.1, 0.15) is 11.9 Å². The van der Waals surface area contributed by atoms with E-state index in [1.807, 2.05) is 36.4 Å². The first kappa shape index (κ1) is 23.6. The lowest BCUT2D eigenvalue weighted by Gasteiger charge is -2.26. The van der Waals surface area contributed by atoms with Crippen molar-refractivity contribution in [1.29, 1.82) is 0 Å². The highest BCUT2D eigenvalue weighted by Gasteiger charge is 2.26. The molecule has 0 aliphatic carbocycles. The molecule has 0 unspecified atom stereocenters. The third-order valence-corrected chi connectivity index (χ3v) is 4.89. The second kappa shape index (κ2) is 10.6. The van der Waals surface area contributed by atoms with Gasteiger partial charge in [-0.15, -0.1) is 0 Å². The van der Waals surface area contributed by atoms with E-state index in [0.29, 0.717) is 11.4 Å². The molecule has 13 heteroatoms. The summed E-state index contributed by atoms with van der Waals surface area (Å²) in [6.45, 7) is 0. The van der Waals surface area contributed by atoms with E-state index < -0.39 is 27.1 Å². The van der Waals surface area contributed by atoms with Gasteiger partial charge in [-0.05, 0) is 30.3 Å². The summed E-state index contributed by atoms with van der Waals surface area (Å²) >= 11 is 0. The van der Waals surface area contributed by atoms with Gasteiger partial charge in [-0.1, -0.05) is 48.5 Å². The number of nitro groups is 2. The lowest BCUT2D eigenvalue weighted by Crippen LogP contribution is -2.31. The molecule has 0 radical (unpaired) electrons. The maximum Gasteiger partial charge on any atom is 0.356 e. The number of nitrogens with one attached hydrogen (secondary N) is 3. The van der Waals surface area contributed by atoms with Crippen LogP contribution in [0.4, 0.5) is 34.4 Å². The minimum Gasteiger partial charge on any atom is -0.276 e. The van der Waals surface area contributed by atoms with Crippen LogP contribution in [0.25, 0.3) is 0 Å². The van der Waals surface area contributed by atoms with Gasteiger partial charge in [0.15, 0.2) is 0 Å². The van der Waals surface area contributed by atoms with Gasteiger partial charge in [-0.3, -0.25) is 46.3 Å². The summed E-state index contributed by atoms with van der Waals surface area (Å²) in [4.78, 5) is 42.2. The number of para-hydroxylation sites is 3. The molecular formula is C23H18N8O5. The first-order valence-corrected chi connectivity index (χ1v) is 10.4. The van der Waals surface area contributed by atoms with Crippen molar-refractivity contribution in [3.63, 3.8) is 0 Å². The zero-order chi connectivity index (χ0) is 25.5. The maximum atomic E-state index is 12.5. The van der Waals surface area contributed by atoms with Crippen LogP contribution in [0.3, 0.4) is 0 Å². The molecule has 1 amide bonds. The number of carbonyl (C=O) groups excluding carboxylic acids is 1. The normalized spacial score (nSPS) is 10.2. The molecular weight excluding hydrogens is 468 g/mol. The Balaban J connectivity index is 1.64. The number of carbonyl (C=O) groups is 1. The Hall–Kier alpha value is -5.59. The lowest BCUT2D eigenvalue weighted by molar-refractivity contribution is -0.385. The fourth-order valence-corrected chi connectivity index (χ4v) is 3.27. The molecule has 0 spiro atoms. The number of rotatable bonds is 9. The van der Waals surface area contributed by atoms with Gasteiger partial charge in [0.25, 0.3) is 11.6 Å². The van der Waals surface area contributed by atoms with Crippen molar-refractivity contribution >= 4 is 40.3 Å². The number of nitrogens with zero attached hydrogens (tertiary/aromatic N) is 5. The average molecular weight is 486 g/mol. The van der Waals surface area contributed by atoms with Crippen molar-refractivity contribution in [3.05, 3.63) is 117 Å². The molecule has 13 nitrogen and oxygen atoms in total. The molecule has 4 aromatic rings. The van der Waals surface area contributed by atoms with Crippen LogP contribution in [-0.2, 0) is 0 Å². The van der Waals surface area contributed by atoms with E-state index in [-0.39, 0.29) is 17.2 Å². The molecule has 0 atom stereocenters. The second-order valence-electron chi connectivity index (χ2n) is 7.15. The quantitative estimate of drug-likeness (QED) is 0.230. The van der Waals surface area contributed by atoms with E-state index in [1.165, 1.54) is 24.3 Å². The van der Waals surface area contributed by atoms with Gasteiger partial charge in [-0.25, -0.2) is 9.97 Å². The number of nitro benzene ring substituents is 1. The van der Waals surface area contributed by atoms with Crippen molar-refractivity contribution in [3.8, 4) is 0 Å². The number of amides is 1. The Labute approximate surface area is 203 Å². The van der Waals surface area contributed by atoms with Crippen LogP contribution in [0.1, 0.15) is 10.4 Å². The summed E-state index contributed by atoms with van der Waals surface area (Å²) in [5.74, 6) is -1.37. The molecule has 4 rings (SSSR count). The number of anilines is 4. The molecule has 3 aromatic carbocycles. The predicted molar refractivity (Wildman–Crippen MR) is 132 cm³/mol. The predicted octanol–water partition coefficient (Wildman–Crippen LogP) is 4.22. The summed E-state index contributed by atoms with van der Waals surface area (Å²) in [6, 6.07) is 23.4. The van der Waals surface area contributed by atoms with Crippen molar-refractivity contribution in [1.82, 2.24) is 15.4 Å². The molecule has 36 heavy (non-hydrogen) atoms. The van der Waals surface area contributed by atoms with Gasteiger partial charge >= 0.3 is 5.69 Å². The summed E-state index contributed by atoms with van der Waals surface area (Å²) < 4.78 is 0. The van der Waals surface area contributed by atoms with Crippen LogP contribution in [-0.4, -0.2) is 25.7 Å². The van der Waals surface area contributed by atoms with Gasteiger partial charge < -0.3 is 0 Å². The average Bonchev–Trinajstić information content (AvgIpc) is 2.91. The number of benzene rings is 3. The first-order valence-electron chi connectivity index (χ1n) is 10.4. The van der Waals surface area contributed by atoms with Crippen LogP contribution >= 0.6 is 0 Å². The van der Waals surface area contributed by atoms with E-state index in [0.717, 1.165) is 6.33 Å². The third-order valence-electron chi connectivity index (χ3n) is 4.89. The van der Waals surface area contributed by atoms with Crippen molar-refractivity contribution in [2.45, 2.75) is 0 Å². The first-order chi connectivity index (χ1) is 17.5. The number of hydrogen-bond acceptors (Lipinski definition) is 10. The lowest BCUT2D eigenvalue weighted by atomic mass is 10.2. The van der Waals surface area contributed by atoms with E-state index in [1.54, 1.807) is 29.3 Å². The Morgan fingerprint density at radius 3 is 1.89 bits per heavy atom. The molecule has 3 N–H and O–H groups in total. The molecule has 1 heterocycles. The SMILES string of the molecule is O=C(NNc1ncnc(NN(c2ccccc2)c2ccccc2)c1[N+](=O)[O-])c1ccccc1[N+](=O)[O-]. The van der Waals surface area contributed by atoms with Crippen LogP contribution < -0.4 is 21.3 Å². The Kier molecular flexibility index (Phi) is 6.91. The van der Waals surface area contributed by atoms with Crippen LogP contribution in [0, 0.1) is 20.2 Å². The van der Waals surface area contributed by atoms with Gasteiger partial charge in [0, 0.05) is 6.07 Å². The molecule has 0 aliphatic rings. The Bertz CT molecular complexity index is 1360. The topological polar surface area (TPSA) is 168 Å². The zero-order valence-corrected chi connectivity index (χ0v) is 18.4. The highest BCUT2D eigenvalue weighted by molar-refractivity contribution is 5.98. The fourth-order valence-electron chi connectivity index (χ4n) is 3.27. The maximum absolute atomic E-state index is 12.5. The van der Waals surface area contributed by atoms with E-state index in [2.05, 4.69) is 26.2 Å². The number of hydrogen-bond donors (Lipinski definition) is 3. The second-order valence-corrected chi connectivity index (χ2v) is 7.15. The molecule has 0 aliphatic heterocycles. The summed E-state index contributed by atoms with van der Waals surface area (Å²) in [6.07, 6.45) is 1.07. The van der Waals surface area contributed by atoms with E-state index >= 15 is 0 Å². The molecule has 180 valence electrons. The van der Waals surface area contributed by atoms with Crippen molar-refractivity contribution in [2.75, 3.05) is 15.9 Å². The standard InChI is InChI=1S/C23H18N8O5/c32-23(18-13-7-8-14-19(18)30(33)34)27-26-21-20(31(35)36)22(25-15-24-21)28-29(16-9-3-1-4-10-16)17-11-5-2-6-12-17/h1-15H,(H,27,32)(H2,24,25,26,28). The van der Waals surface area contributed by atoms with Gasteiger partial charge in [0.2, 0.25) is 11.6 Å². The zero-order valence-electron chi connectivity index (χ0n) is 18.4. The molecule has 0 saturated heterocycles. The molecule has 0 fully saturated rings.